The summed E-state index contributed by atoms with van der Waals surface area (Å²) < 4.78 is 0. The van der Waals surface area contributed by atoms with Crippen LogP contribution in [-0.4, -0.2) is 76.3 Å². The molecule has 0 aromatic heterocycles. The van der Waals surface area contributed by atoms with Gasteiger partial charge in [-0.05, 0) is 13.3 Å². The van der Waals surface area contributed by atoms with E-state index in [1.807, 2.05) is 4.90 Å². The van der Waals surface area contributed by atoms with Crippen molar-refractivity contribution in [2.24, 2.45) is 5.73 Å². The van der Waals surface area contributed by atoms with E-state index < -0.39 is 12.0 Å². The molecule has 0 rings (SSSR count). The van der Waals surface area contributed by atoms with Gasteiger partial charge in [-0.3, -0.25) is 9.69 Å². The van der Waals surface area contributed by atoms with Crippen molar-refractivity contribution in [1.82, 2.24) is 4.90 Å². The molecule has 0 saturated carbocycles. The zero-order valence-electron chi connectivity index (χ0n) is 18.2. The molecule has 0 fully saturated rings. The molecule has 0 saturated heterocycles. The lowest BCUT2D eigenvalue weighted by Gasteiger charge is -2.29. The quantitative estimate of drug-likeness (QED) is 0.221. The van der Waals surface area contributed by atoms with E-state index in [0.717, 1.165) is 12.8 Å². The summed E-state index contributed by atoms with van der Waals surface area (Å²) in [5, 5.41) is 35.5. The van der Waals surface area contributed by atoms with Gasteiger partial charge in [0, 0.05) is 19.1 Å². The average Bonchev–Trinajstić information content (AvgIpc) is 2.66. The number of aliphatic hydroxyl groups is 3. The van der Waals surface area contributed by atoms with Crippen LogP contribution in [0.15, 0.2) is 0 Å². The fourth-order valence-electron chi connectivity index (χ4n) is 2.99. The molecule has 0 radical (unpaired) electrons. The minimum Gasteiger partial charge on any atom is -0.480 e. The Bertz CT molecular complexity index is 324. The SMILES string of the molecule is CC(N)C(=O)O.CCCCCCCCCCCCC(CO)N(CCO)CCO. The van der Waals surface area contributed by atoms with Crippen LogP contribution in [0.25, 0.3) is 0 Å². The van der Waals surface area contributed by atoms with Gasteiger partial charge in [0.15, 0.2) is 0 Å². The van der Waals surface area contributed by atoms with E-state index in [1.54, 1.807) is 0 Å². The highest BCUT2D eigenvalue weighted by Gasteiger charge is 2.16. The smallest absolute Gasteiger partial charge is 0.320 e. The molecule has 0 bridgehead atoms. The first-order valence-electron chi connectivity index (χ1n) is 11.0. The fraction of sp³-hybridized carbons (Fsp3) is 0.952. The molecular formula is C21H46N2O5. The van der Waals surface area contributed by atoms with Crippen molar-refractivity contribution in [2.75, 3.05) is 32.9 Å². The van der Waals surface area contributed by atoms with Crippen LogP contribution < -0.4 is 5.73 Å². The van der Waals surface area contributed by atoms with Gasteiger partial charge in [0.05, 0.1) is 19.8 Å². The minimum atomic E-state index is -0.963. The van der Waals surface area contributed by atoms with E-state index in [0.29, 0.717) is 13.1 Å². The number of hydrogen-bond acceptors (Lipinski definition) is 6. The molecule has 7 heteroatoms. The third-order valence-electron chi connectivity index (χ3n) is 4.78. The predicted molar refractivity (Wildman–Crippen MR) is 114 cm³/mol. The van der Waals surface area contributed by atoms with Gasteiger partial charge in [0.2, 0.25) is 0 Å². The van der Waals surface area contributed by atoms with Crippen LogP contribution in [0.5, 0.6) is 0 Å². The summed E-state index contributed by atoms with van der Waals surface area (Å²) in [7, 11) is 0. The monoisotopic (exact) mass is 406 g/mol. The number of nitrogens with zero attached hydrogens (tertiary/aromatic N) is 1. The molecule has 6 N–H and O–H groups in total. The number of carboxylic acids is 1. The Hall–Kier alpha value is -0.730. The van der Waals surface area contributed by atoms with Crippen LogP contribution in [0, 0.1) is 0 Å². The number of unbranched alkanes of at least 4 members (excludes halogenated alkanes) is 9. The molecule has 0 aromatic carbocycles. The van der Waals surface area contributed by atoms with E-state index in [9.17, 15) is 9.90 Å². The largest absolute Gasteiger partial charge is 0.480 e. The topological polar surface area (TPSA) is 127 Å². The van der Waals surface area contributed by atoms with E-state index >= 15 is 0 Å². The predicted octanol–water partition coefficient (Wildman–Crippen LogP) is 2.36. The van der Waals surface area contributed by atoms with Gasteiger partial charge in [-0.1, -0.05) is 71.1 Å². The number of nitrogens with two attached hydrogens (primary N) is 1. The summed E-state index contributed by atoms with van der Waals surface area (Å²) in [6.07, 6.45) is 14.1. The molecule has 0 aromatic rings. The Morgan fingerprint density at radius 1 is 0.857 bits per heavy atom. The Labute approximate surface area is 171 Å². The lowest BCUT2D eigenvalue weighted by atomic mass is 10.0. The van der Waals surface area contributed by atoms with Crippen LogP contribution in [0.4, 0.5) is 0 Å². The van der Waals surface area contributed by atoms with Gasteiger partial charge < -0.3 is 26.2 Å². The maximum Gasteiger partial charge on any atom is 0.320 e. The zero-order valence-corrected chi connectivity index (χ0v) is 18.2. The van der Waals surface area contributed by atoms with Crippen molar-refractivity contribution >= 4 is 5.97 Å². The maximum absolute atomic E-state index is 9.57. The second-order valence-corrected chi connectivity index (χ2v) is 7.42. The Morgan fingerprint density at radius 3 is 1.57 bits per heavy atom. The number of hydrogen-bond donors (Lipinski definition) is 5. The molecule has 0 spiro atoms. The fourth-order valence-corrected chi connectivity index (χ4v) is 2.99. The molecule has 2 atom stereocenters. The van der Waals surface area contributed by atoms with E-state index in [2.05, 4.69) is 6.92 Å². The summed E-state index contributed by atoms with van der Waals surface area (Å²) >= 11 is 0. The number of carbonyl (C=O) groups is 1. The highest BCUT2D eigenvalue weighted by molar-refractivity contribution is 5.72. The van der Waals surface area contributed by atoms with Crippen molar-refractivity contribution in [3.63, 3.8) is 0 Å². The molecule has 28 heavy (non-hydrogen) atoms. The first kappa shape index (κ1) is 29.5. The normalized spacial score (nSPS) is 13.1. The summed E-state index contributed by atoms with van der Waals surface area (Å²) in [5.74, 6) is -0.963. The van der Waals surface area contributed by atoms with Crippen molar-refractivity contribution in [3.8, 4) is 0 Å². The molecule has 7 nitrogen and oxygen atoms in total. The highest BCUT2D eigenvalue weighted by Crippen LogP contribution is 2.14. The van der Waals surface area contributed by atoms with Gasteiger partial charge in [-0.15, -0.1) is 0 Å². The summed E-state index contributed by atoms with van der Waals surface area (Å²) in [5.41, 5.74) is 4.84. The van der Waals surface area contributed by atoms with Crippen molar-refractivity contribution in [1.29, 1.82) is 0 Å². The zero-order chi connectivity index (χ0) is 21.6. The molecule has 0 heterocycles. The molecule has 0 aliphatic carbocycles. The number of rotatable bonds is 18. The average molecular weight is 407 g/mol. The number of aliphatic hydroxyl groups excluding tert-OH is 3. The second kappa shape index (κ2) is 22.6. The summed E-state index contributed by atoms with van der Waals surface area (Å²) in [6, 6.07) is -0.654. The third-order valence-corrected chi connectivity index (χ3v) is 4.78. The molecule has 0 amide bonds. The van der Waals surface area contributed by atoms with Crippen LogP contribution in [0.3, 0.4) is 0 Å². The Morgan fingerprint density at radius 2 is 1.25 bits per heavy atom. The molecular weight excluding hydrogens is 360 g/mol. The summed E-state index contributed by atoms with van der Waals surface area (Å²) in [4.78, 5) is 11.6. The third kappa shape index (κ3) is 20.0. The molecule has 0 aliphatic rings. The lowest BCUT2D eigenvalue weighted by molar-refractivity contribution is -0.138. The first-order valence-corrected chi connectivity index (χ1v) is 11.0. The van der Waals surface area contributed by atoms with Crippen molar-refractivity contribution < 1.29 is 25.2 Å². The lowest BCUT2D eigenvalue weighted by Crippen LogP contribution is -2.41. The van der Waals surface area contributed by atoms with Gasteiger partial charge in [0.1, 0.15) is 6.04 Å². The molecule has 2 unspecified atom stereocenters. The maximum atomic E-state index is 9.57. The standard InChI is InChI=1S/C18H39NO3.C3H7NO2/c1-2-3-4-5-6-7-8-9-10-11-12-18(17-22)19(13-15-20)14-16-21;1-2(4)3(5)6/h18,20-22H,2-17H2,1H3;2H,4H2,1H3,(H,5,6). The van der Waals surface area contributed by atoms with Gasteiger partial charge >= 0.3 is 5.97 Å². The van der Waals surface area contributed by atoms with E-state index in [4.69, 9.17) is 21.1 Å². The van der Waals surface area contributed by atoms with Crippen molar-refractivity contribution in [3.05, 3.63) is 0 Å². The van der Waals surface area contributed by atoms with E-state index in [1.165, 1.54) is 64.7 Å². The second-order valence-electron chi connectivity index (χ2n) is 7.42. The number of aliphatic carboxylic acids is 1. The Balaban J connectivity index is 0. The highest BCUT2D eigenvalue weighted by atomic mass is 16.4. The first-order chi connectivity index (χ1) is 13.4. The van der Waals surface area contributed by atoms with Crippen LogP contribution in [0.1, 0.15) is 84.5 Å². The molecule has 170 valence electrons. The summed E-state index contributed by atoms with van der Waals surface area (Å²) in [6.45, 7) is 5.00. The van der Waals surface area contributed by atoms with Gasteiger partial charge in [-0.25, -0.2) is 0 Å². The van der Waals surface area contributed by atoms with Crippen molar-refractivity contribution in [2.45, 2.75) is 96.6 Å². The van der Waals surface area contributed by atoms with Crippen LogP contribution in [0.2, 0.25) is 0 Å². The van der Waals surface area contributed by atoms with Gasteiger partial charge in [0.25, 0.3) is 0 Å². The van der Waals surface area contributed by atoms with E-state index in [-0.39, 0.29) is 25.9 Å². The van der Waals surface area contributed by atoms with Gasteiger partial charge in [-0.2, -0.15) is 0 Å². The van der Waals surface area contributed by atoms with Crippen LogP contribution in [-0.2, 0) is 4.79 Å². The molecule has 0 aliphatic heterocycles. The van der Waals surface area contributed by atoms with Crippen LogP contribution >= 0.6 is 0 Å². The Kier molecular flexibility index (Phi) is 23.7. The minimum absolute atomic E-state index is 0.0772. The number of carboxylic acid groups (broad SMARTS) is 1.